The van der Waals surface area contributed by atoms with Gasteiger partial charge in [0.2, 0.25) is 5.91 Å². The molecular formula is C26H28N4O3. The number of fused-ring (bicyclic) bond motifs is 1. The number of para-hydroxylation sites is 2. The second-order valence-corrected chi connectivity index (χ2v) is 8.25. The van der Waals surface area contributed by atoms with Crippen molar-refractivity contribution < 1.29 is 9.53 Å². The minimum absolute atomic E-state index is 0.113. The van der Waals surface area contributed by atoms with Gasteiger partial charge in [0.15, 0.2) is 0 Å². The fourth-order valence-electron chi connectivity index (χ4n) is 4.23. The Morgan fingerprint density at radius 3 is 2.45 bits per heavy atom. The van der Waals surface area contributed by atoms with Crippen LogP contribution in [0.25, 0.3) is 16.7 Å². The number of anilines is 1. The maximum atomic E-state index is 13.3. The van der Waals surface area contributed by atoms with Gasteiger partial charge in [0, 0.05) is 24.4 Å². The van der Waals surface area contributed by atoms with Crippen molar-refractivity contribution >= 4 is 22.6 Å². The van der Waals surface area contributed by atoms with Crippen molar-refractivity contribution in [3.8, 4) is 11.4 Å². The molecule has 1 amide bonds. The molecule has 0 aliphatic rings. The lowest BCUT2D eigenvalue weighted by Crippen LogP contribution is -2.25. The van der Waals surface area contributed by atoms with Crippen LogP contribution in [0.3, 0.4) is 0 Å². The summed E-state index contributed by atoms with van der Waals surface area (Å²) in [6, 6.07) is 15.3. The summed E-state index contributed by atoms with van der Waals surface area (Å²) >= 11 is 0. The molecule has 0 aliphatic heterocycles. The van der Waals surface area contributed by atoms with E-state index < -0.39 is 0 Å². The van der Waals surface area contributed by atoms with Crippen molar-refractivity contribution in [2.24, 2.45) is 7.05 Å². The van der Waals surface area contributed by atoms with E-state index in [0.717, 1.165) is 33.5 Å². The summed E-state index contributed by atoms with van der Waals surface area (Å²) in [7, 11) is 3.32. The van der Waals surface area contributed by atoms with E-state index in [2.05, 4.69) is 5.32 Å². The topological polar surface area (TPSA) is 78.2 Å². The number of amides is 1. The minimum atomic E-state index is -0.173. The van der Waals surface area contributed by atoms with Gasteiger partial charge >= 0.3 is 0 Å². The van der Waals surface area contributed by atoms with Crippen molar-refractivity contribution in [1.82, 2.24) is 14.3 Å². The molecule has 2 aromatic heterocycles. The number of hydrogen-bond donors (Lipinski definition) is 1. The van der Waals surface area contributed by atoms with Gasteiger partial charge in [-0.05, 0) is 57.0 Å². The molecule has 4 rings (SSSR count). The summed E-state index contributed by atoms with van der Waals surface area (Å²) in [5.41, 5.74) is 5.65. The van der Waals surface area contributed by atoms with E-state index in [1.807, 2.05) is 61.9 Å². The Morgan fingerprint density at radius 1 is 1.06 bits per heavy atom. The number of rotatable bonds is 6. The molecule has 0 bridgehead atoms. The lowest BCUT2D eigenvalue weighted by molar-refractivity contribution is -0.116. The highest BCUT2D eigenvalue weighted by molar-refractivity contribution is 5.92. The van der Waals surface area contributed by atoms with Gasteiger partial charge < -0.3 is 10.1 Å². The van der Waals surface area contributed by atoms with Gasteiger partial charge in [-0.2, -0.15) is 5.10 Å². The van der Waals surface area contributed by atoms with Crippen LogP contribution in [0.2, 0.25) is 0 Å². The van der Waals surface area contributed by atoms with Crippen LogP contribution < -0.4 is 15.6 Å². The molecule has 7 heteroatoms. The molecule has 1 N–H and O–H groups in total. The highest BCUT2D eigenvalue weighted by atomic mass is 16.5. The first-order valence-corrected chi connectivity index (χ1v) is 10.9. The summed E-state index contributed by atoms with van der Waals surface area (Å²) in [6.45, 7) is 5.92. The normalized spacial score (nSPS) is 11.1. The lowest BCUT2D eigenvalue weighted by Gasteiger charge is -2.13. The van der Waals surface area contributed by atoms with Crippen LogP contribution in [0.4, 0.5) is 5.69 Å². The third-order valence-electron chi connectivity index (χ3n) is 6.01. The molecule has 7 nitrogen and oxygen atoms in total. The van der Waals surface area contributed by atoms with Crippen molar-refractivity contribution in [2.75, 3.05) is 12.4 Å². The van der Waals surface area contributed by atoms with Crippen LogP contribution >= 0.6 is 0 Å². The third-order valence-corrected chi connectivity index (χ3v) is 6.01. The molecule has 0 fully saturated rings. The smallest absolute Gasteiger partial charge is 0.255 e. The fraction of sp³-hybridized carbons (Fsp3) is 0.269. The zero-order valence-electron chi connectivity index (χ0n) is 19.6. The van der Waals surface area contributed by atoms with E-state index in [4.69, 9.17) is 9.84 Å². The molecule has 0 aliphatic carbocycles. The van der Waals surface area contributed by atoms with Gasteiger partial charge in [-0.25, -0.2) is 4.68 Å². The van der Waals surface area contributed by atoms with Crippen LogP contribution in [0.1, 0.15) is 28.8 Å². The fourth-order valence-corrected chi connectivity index (χ4v) is 4.23. The standard InChI is InChI=1S/C26H28N4O3/c1-16-10-12-19(13-11-16)30-25-24(18(3)28-30)17(2)20(26(32)29(25)4)14-15-23(31)27-21-8-6-7-9-22(21)33-5/h6-13H,14-15H2,1-5H3,(H,27,31). The van der Waals surface area contributed by atoms with Gasteiger partial charge in [0.05, 0.1) is 24.2 Å². The number of carbonyl (C=O) groups is 1. The minimum Gasteiger partial charge on any atom is -0.495 e. The first-order valence-electron chi connectivity index (χ1n) is 10.9. The first kappa shape index (κ1) is 22.3. The maximum absolute atomic E-state index is 13.3. The molecule has 0 atom stereocenters. The summed E-state index contributed by atoms with van der Waals surface area (Å²) < 4.78 is 8.74. The average molecular weight is 445 g/mol. The predicted molar refractivity (Wildman–Crippen MR) is 130 cm³/mol. The van der Waals surface area contributed by atoms with Gasteiger partial charge in [-0.3, -0.25) is 14.2 Å². The Bertz CT molecular complexity index is 1400. The Kier molecular flexibility index (Phi) is 6.05. The van der Waals surface area contributed by atoms with Crippen molar-refractivity contribution in [1.29, 1.82) is 0 Å². The molecule has 0 saturated heterocycles. The van der Waals surface area contributed by atoms with E-state index in [9.17, 15) is 9.59 Å². The SMILES string of the molecule is COc1ccccc1NC(=O)CCc1c(C)c2c(C)nn(-c3ccc(C)cc3)c2n(C)c1=O. The summed E-state index contributed by atoms with van der Waals surface area (Å²) in [6.07, 6.45) is 0.523. The summed E-state index contributed by atoms with van der Waals surface area (Å²) in [5.74, 6) is 0.423. The third kappa shape index (κ3) is 4.14. The van der Waals surface area contributed by atoms with Crippen LogP contribution in [0.15, 0.2) is 53.3 Å². The van der Waals surface area contributed by atoms with Gasteiger partial charge in [0.1, 0.15) is 11.4 Å². The van der Waals surface area contributed by atoms with E-state index in [1.54, 1.807) is 30.9 Å². The number of ether oxygens (including phenoxy) is 1. The van der Waals surface area contributed by atoms with Crippen molar-refractivity contribution in [3.05, 3.63) is 81.3 Å². The molecule has 0 spiro atoms. The quantitative estimate of drug-likeness (QED) is 0.483. The number of methoxy groups -OCH3 is 1. The van der Waals surface area contributed by atoms with Crippen LogP contribution in [-0.4, -0.2) is 27.4 Å². The van der Waals surface area contributed by atoms with E-state index >= 15 is 0 Å². The first-order chi connectivity index (χ1) is 15.8. The molecule has 170 valence electrons. The number of hydrogen-bond acceptors (Lipinski definition) is 4. The molecule has 2 heterocycles. The Hall–Kier alpha value is -3.87. The zero-order valence-corrected chi connectivity index (χ0v) is 19.6. The molecular weight excluding hydrogens is 416 g/mol. The highest BCUT2D eigenvalue weighted by Gasteiger charge is 2.20. The number of nitrogens with zero attached hydrogens (tertiary/aromatic N) is 3. The predicted octanol–water partition coefficient (Wildman–Crippen LogP) is 4.23. The van der Waals surface area contributed by atoms with Crippen molar-refractivity contribution in [3.63, 3.8) is 0 Å². The zero-order chi connectivity index (χ0) is 23.7. The highest BCUT2D eigenvalue weighted by Crippen LogP contribution is 2.27. The summed E-state index contributed by atoms with van der Waals surface area (Å²) in [5, 5.41) is 8.54. The number of nitrogens with one attached hydrogen (secondary N) is 1. The number of aryl methyl sites for hydroxylation is 4. The summed E-state index contributed by atoms with van der Waals surface area (Å²) in [4.78, 5) is 25.9. The molecule has 33 heavy (non-hydrogen) atoms. The Labute approximate surface area is 192 Å². The second kappa shape index (κ2) is 8.94. The van der Waals surface area contributed by atoms with E-state index in [1.165, 1.54) is 0 Å². The van der Waals surface area contributed by atoms with Crippen molar-refractivity contribution in [2.45, 2.75) is 33.6 Å². The van der Waals surface area contributed by atoms with Crippen LogP contribution in [0.5, 0.6) is 5.75 Å². The van der Waals surface area contributed by atoms with E-state index in [-0.39, 0.29) is 17.9 Å². The van der Waals surface area contributed by atoms with Crippen LogP contribution in [0, 0.1) is 20.8 Å². The Morgan fingerprint density at radius 2 is 1.76 bits per heavy atom. The molecule has 0 saturated carbocycles. The number of benzene rings is 2. The Balaban J connectivity index is 1.67. The van der Waals surface area contributed by atoms with Gasteiger partial charge in [0.25, 0.3) is 5.56 Å². The molecule has 2 aromatic carbocycles. The number of aromatic nitrogens is 3. The number of carbonyl (C=O) groups excluding carboxylic acids is 1. The van der Waals surface area contributed by atoms with Gasteiger partial charge in [-0.1, -0.05) is 29.8 Å². The average Bonchev–Trinajstić information content (AvgIpc) is 3.15. The lowest BCUT2D eigenvalue weighted by atomic mass is 10.0. The van der Waals surface area contributed by atoms with Gasteiger partial charge in [-0.15, -0.1) is 0 Å². The number of pyridine rings is 1. The monoisotopic (exact) mass is 444 g/mol. The van der Waals surface area contributed by atoms with E-state index in [0.29, 0.717) is 23.4 Å². The molecule has 4 aromatic rings. The molecule has 0 unspecified atom stereocenters. The largest absolute Gasteiger partial charge is 0.495 e. The maximum Gasteiger partial charge on any atom is 0.255 e. The van der Waals surface area contributed by atoms with Crippen LogP contribution in [-0.2, 0) is 18.3 Å². The second-order valence-electron chi connectivity index (χ2n) is 8.25. The molecule has 0 radical (unpaired) electrons.